The van der Waals surface area contributed by atoms with Crippen molar-refractivity contribution in [2.45, 2.75) is 24.1 Å². The molecule has 21 heavy (non-hydrogen) atoms. The lowest BCUT2D eigenvalue weighted by molar-refractivity contribution is 0.177. The van der Waals surface area contributed by atoms with Crippen molar-refractivity contribution in [3.63, 3.8) is 0 Å². The maximum absolute atomic E-state index is 12.8. The third-order valence-corrected chi connectivity index (χ3v) is 7.34. The second kappa shape index (κ2) is 7.51. The monoisotopic (exact) mass is 345 g/mol. The number of methoxy groups -OCH3 is 1. The number of nitrogens with zero attached hydrogens (tertiary/aromatic N) is 1. The Bertz CT molecular complexity index is 647. The van der Waals surface area contributed by atoms with E-state index >= 15 is 0 Å². The molecular weight excluding hydrogens is 326 g/mol. The van der Waals surface area contributed by atoms with E-state index in [-0.39, 0.29) is 0 Å². The Morgan fingerprint density at radius 3 is 2.67 bits per heavy atom. The normalized spacial score (nSPS) is 12.1. The summed E-state index contributed by atoms with van der Waals surface area (Å²) in [6, 6.07) is 5.54. The Morgan fingerprint density at radius 2 is 2.10 bits per heavy atom. The number of sulfonamides is 1. The quantitative estimate of drug-likeness (QED) is 0.738. The lowest BCUT2D eigenvalue weighted by atomic mass is 10.3. The number of rotatable bonds is 8. The molecule has 0 aliphatic rings. The molecule has 2 rings (SSSR count). The van der Waals surface area contributed by atoms with Crippen LogP contribution in [-0.2, 0) is 27.7 Å². The van der Waals surface area contributed by atoms with Gasteiger partial charge in [0.05, 0.1) is 6.61 Å². The van der Waals surface area contributed by atoms with Crippen molar-refractivity contribution < 1.29 is 13.2 Å². The fourth-order valence-corrected chi connectivity index (χ4v) is 5.40. The summed E-state index contributed by atoms with van der Waals surface area (Å²) in [5, 5.41) is 3.93. The summed E-state index contributed by atoms with van der Waals surface area (Å²) in [4.78, 5) is 1.08. The molecule has 2 heterocycles. The molecule has 0 saturated heterocycles. The minimum Gasteiger partial charge on any atom is -0.383 e. The summed E-state index contributed by atoms with van der Waals surface area (Å²) in [5.74, 6) is 0. The van der Waals surface area contributed by atoms with Gasteiger partial charge in [-0.25, -0.2) is 8.42 Å². The molecule has 2 aromatic rings. The molecule has 0 bridgehead atoms. The predicted octanol–water partition coefficient (Wildman–Crippen LogP) is 3.21. The average molecular weight is 346 g/mol. The van der Waals surface area contributed by atoms with Gasteiger partial charge in [-0.3, -0.25) is 0 Å². The van der Waals surface area contributed by atoms with Crippen LogP contribution in [0.15, 0.2) is 33.2 Å². The van der Waals surface area contributed by atoms with Crippen molar-refractivity contribution in [2.24, 2.45) is 0 Å². The van der Waals surface area contributed by atoms with Crippen molar-refractivity contribution in [3.05, 3.63) is 39.4 Å². The smallest absolute Gasteiger partial charge is 0.252 e. The molecule has 116 valence electrons. The molecule has 0 amide bonds. The molecule has 0 saturated carbocycles. The van der Waals surface area contributed by atoms with E-state index < -0.39 is 10.0 Å². The molecule has 0 aliphatic heterocycles. The van der Waals surface area contributed by atoms with Crippen LogP contribution in [0.4, 0.5) is 0 Å². The Kier molecular flexibility index (Phi) is 5.95. The van der Waals surface area contributed by atoms with E-state index in [1.165, 1.54) is 15.6 Å². The first kappa shape index (κ1) is 16.6. The molecule has 4 nitrogen and oxygen atoms in total. The van der Waals surface area contributed by atoms with Gasteiger partial charge in [0.25, 0.3) is 10.0 Å². The summed E-state index contributed by atoms with van der Waals surface area (Å²) in [5.41, 5.74) is 1.01. The second-order valence-corrected chi connectivity index (χ2v) is 8.65. The SMILES string of the molecule is CCc1ccc(S(=O)(=O)N(CCOC)Cc2ccsc2)s1. The molecule has 2 aromatic heterocycles. The van der Waals surface area contributed by atoms with Crippen LogP contribution in [0.25, 0.3) is 0 Å². The first-order chi connectivity index (χ1) is 10.1. The molecule has 0 aromatic carbocycles. The van der Waals surface area contributed by atoms with Crippen molar-refractivity contribution in [2.75, 3.05) is 20.3 Å². The zero-order valence-corrected chi connectivity index (χ0v) is 14.6. The van der Waals surface area contributed by atoms with Gasteiger partial charge >= 0.3 is 0 Å². The van der Waals surface area contributed by atoms with Gasteiger partial charge in [-0.2, -0.15) is 15.6 Å². The first-order valence-electron chi connectivity index (χ1n) is 6.66. The molecule has 0 N–H and O–H groups in total. The minimum absolute atomic E-state index is 0.355. The highest BCUT2D eigenvalue weighted by Gasteiger charge is 2.26. The molecule has 0 aliphatic carbocycles. The largest absolute Gasteiger partial charge is 0.383 e. The van der Waals surface area contributed by atoms with E-state index in [0.717, 1.165) is 16.9 Å². The predicted molar refractivity (Wildman–Crippen MR) is 87.5 cm³/mol. The van der Waals surface area contributed by atoms with Gasteiger partial charge in [-0.05, 0) is 40.9 Å². The van der Waals surface area contributed by atoms with Crippen molar-refractivity contribution in [1.29, 1.82) is 0 Å². The Balaban J connectivity index is 2.24. The summed E-state index contributed by atoms with van der Waals surface area (Å²) < 4.78 is 32.5. The van der Waals surface area contributed by atoms with Gasteiger partial charge in [-0.15, -0.1) is 11.3 Å². The Hall–Kier alpha value is -0.730. The first-order valence-corrected chi connectivity index (χ1v) is 9.86. The van der Waals surface area contributed by atoms with E-state index in [4.69, 9.17) is 4.74 Å². The van der Waals surface area contributed by atoms with E-state index in [1.807, 2.05) is 29.8 Å². The van der Waals surface area contributed by atoms with Crippen LogP contribution in [0.5, 0.6) is 0 Å². The lowest BCUT2D eigenvalue weighted by Gasteiger charge is -2.20. The number of ether oxygens (including phenoxy) is 1. The summed E-state index contributed by atoms with van der Waals surface area (Å²) in [6.07, 6.45) is 0.850. The minimum atomic E-state index is -3.46. The van der Waals surface area contributed by atoms with E-state index in [2.05, 4.69) is 0 Å². The number of thiophene rings is 2. The molecular formula is C14H19NO3S3. The number of hydrogen-bond acceptors (Lipinski definition) is 5. The number of aryl methyl sites for hydroxylation is 1. The molecule has 0 fully saturated rings. The van der Waals surface area contributed by atoms with Gasteiger partial charge in [0.1, 0.15) is 4.21 Å². The maximum atomic E-state index is 12.8. The summed E-state index contributed by atoms with van der Waals surface area (Å²) >= 11 is 2.92. The van der Waals surface area contributed by atoms with Crippen molar-refractivity contribution >= 4 is 32.7 Å². The zero-order valence-electron chi connectivity index (χ0n) is 12.1. The molecule has 0 radical (unpaired) electrons. The third kappa shape index (κ3) is 4.14. The van der Waals surface area contributed by atoms with Crippen LogP contribution < -0.4 is 0 Å². The van der Waals surface area contributed by atoms with Crippen LogP contribution >= 0.6 is 22.7 Å². The highest BCUT2D eigenvalue weighted by Crippen LogP contribution is 2.26. The highest BCUT2D eigenvalue weighted by atomic mass is 32.2. The van der Waals surface area contributed by atoms with Gasteiger partial charge in [0.2, 0.25) is 0 Å². The molecule has 0 unspecified atom stereocenters. The van der Waals surface area contributed by atoms with Crippen LogP contribution in [0, 0.1) is 0 Å². The van der Waals surface area contributed by atoms with Gasteiger partial charge in [0, 0.05) is 25.1 Å². The maximum Gasteiger partial charge on any atom is 0.252 e. The summed E-state index contributed by atoms with van der Waals surface area (Å²) in [7, 11) is -1.88. The summed E-state index contributed by atoms with van der Waals surface area (Å²) in [6.45, 7) is 3.15. The highest BCUT2D eigenvalue weighted by molar-refractivity contribution is 7.91. The van der Waals surface area contributed by atoms with E-state index in [0.29, 0.717) is 23.9 Å². The topological polar surface area (TPSA) is 46.6 Å². The van der Waals surface area contributed by atoms with E-state index in [1.54, 1.807) is 24.5 Å². The second-order valence-electron chi connectivity index (χ2n) is 4.54. The zero-order chi connectivity index (χ0) is 15.3. The van der Waals surface area contributed by atoms with Crippen molar-refractivity contribution in [3.8, 4) is 0 Å². The van der Waals surface area contributed by atoms with Gasteiger partial charge in [-0.1, -0.05) is 6.92 Å². The molecule has 7 heteroatoms. The fourth-order valence-electron chi connectivity index (χ4n) is 1.88. The fraction of sp³-hybridized carbons (Fsp3) is 0.429. The van der Waals surface area contributed by atoms with Crippen LogP contribution in [-0.4, -0.2) is 33.0 Å². The Labute approximate surface area is 134 Å². The van der Waals surface area contributed by atoms with Crippen molar-refractivity contribution in [1.82, 2.24) is 4.31 Å². The lowest BCUT2D eigenvalue weighted by Crippen LogP contribution is -2.33. The third-order valence-electron chi connectivity index (χ3n) is 3.06. The van der Waals surface area contributed by atoms with Crippen LogP contribution in [0.3, 0.4) is 0 Å². The van der Waals surface area contributed by atoms with E-state index in [9.17, 15) is 8.42 Å². The van der Waals surface area contributed by atoms with Crippen LogP contribution in [0.2, 0.25) is 0 Å². The van der Waals surface area contributed by atoms with Gasteiger partial charge in [0.15, 0.2) is 0 Å². The molecule has 0 atom stereocenters. The van der Waals surface area contributed by atoms with Crippen LogP contribution in [0.1, 0.15) is 17.4 Å². The standard InChI is InChI=1S/C14H19NO3S3/c1-3-13-4-5-14(20-13)21(16,17)15(7-8-18-2)10-12-6-9-19-11-12/h4-6,9,11H,3,7-8,10H2,1-2H3. The molecule has 0 spiro atoms. The Morgan fingerprint density at radius 1 is 1.29 bits per heavy atom. The average Bonchev–Trinajstić information content (AvgIpc) is 3.14. The van der Waals surface area contributed by atoms with Gasteiger partial charge < -0.3 is 4.74 Å². The number of hydrogen-bond donors (Lipinski definition) is 0.